The van der Waals surface area contributed by atoms with E-state index in [4.69, 9.17) is 0 Å². The zero-order valence-corrected chi connectivity index (χ0v) is 14.5. The summed E-state index contributed by atoms with van der Waals surface area (Å²) in [5.41, 5.74) is 0. The van der Waals surface area contributed by atoms with Crippen LogP contribution in [0.3, 0.4) is 0 Å². The zero-order valence-electron chi connectivity index (χ0n) is 12.8. The molecular formula is C18H15F5S2. The van der Waals surface area contributed by atoms with Crippen molar-refractivity contribution < 1.29 is 19.4 Å². The molecule has 3 rings (SSSR count). The Morgan fingerprint density at radius 3 is 1.40 bits per heavy atom. The number of halogens is 5. The van der Waals surface area contributed by atoms with Crippen LogP contribution in [-0.2, 0) is 0 Å². The van der Waals surface area contributed by atoms with Gasteiger partial charge in [-0.2, -0.15) is 10.9 Å². The Bertz CT molecular complexity index is 839. The van der Waals surface area contributed by atoms with Crippen LogP contribution in [0.2, 0.25) is 0 Å². The summed E-state index contributed by atoms with van der Waals surface area (Å²) in [7, 11) is -11.1. The Balaban J connectivity index is 2.20. The van der Waals surface area contributed by atoms with Crippen molar-refractivity contribution in [1.29, 1.82) is 0 Å². The molecule has 0 spiro atoms. The monoisotopic (exact) mass is 390 g/mol. The first-order valence-corrected chi connectivity index (χ1v) is 10.6. The van der Waals surface area contributed by atoms with Gasteiger partial charge < -0.3 is 0 Å². The lowest BCUT2D eigenvalue weighted by molar-refractivity contribution is 0.363. The van der Waals surface area contributed by atoms with E-state index in [-0.39, 0.29) is 4.90 Å². The molecule has 3 aromatic carbocycles. The van der Waals surface area contributed by atoms with Gasteiger partial charge in [-0.05, 0) is 57.2 Å². The second-order valence-electron chi connectivity index (χ2n) is 5.47. The highest BCUT2D eigenvalue weighted by Crippen LogP contribution is 3.02. The summed E-state index contributed by atoms with van der Waals surface area (Å²) in [6, 6.07) is 21.4. The van der Waals surface area contributed by atoms with Crippen molar-refractivity contribution in [2.45, 2.75) is 19.6 Å². The quantitative estimate of drug-likeness (QED) is 0.341. The molecule has 0 atom stereocenters. The first-order valence-electron chi connectivity index (χ1n) is 7.29. The molecule has 0 aliphatic rings. The van der Waals surface area contributed by atoms with Gasteiger partial charge in [-0.1, -0.05) is 61.9 Å². The van der Waals surface area contributed by atoms with Gasteiger partial charge in [0.15, 0.2) is 0 Å². The van der Waals surface area contributed by atoms with Crippen LogP contribution in [0.15, 0.2) is 105 Å². The lowest BCUT2D eigenvalue weighted by atomic mass is 10.4. The summed E-state index contributed by atoms with van der Waals surface area (Å²) in [5.74, 6) is 0. The average molecular weight is 390 g/mol. The highest BCUT2D eigenvalue weighted by molar-refractivity contribution is 8.45. The molecular weight excluding hydrogens is 375 g/mol. The molecule has 134 valence electrons. The van der Waals surface area contributed by atoms with E-state index in [1.807, 2.05) is 0 Å². The number of benzene rings is 3. The van der Waals surface area contributed by atoms with Crippen LogP contribution in [0.5, 0.6) is 0 Å². The molecule has 25 heavy (non-hydrogen) atoms. The van der Waals surface area contributed by atoms with E-state index >= 15 is 0 Å². The molecule has 0 aliphatic carbocycles. The van der Waals surface area contributed by atoms with Crippen molar-refractivity contribution in [3.63, 3.8) is 0 Å². The third kappa shape index (κ3) is 4.16. The third-order valence-corrected chi connectivity index (χ3v) is 7.12. The number of hydrogen-bond acceptors (Lipinski definition) is 0. The van der Waals surface area contributed by atoms with E-state index in [1.165, 1.54) is 6.07 Å². The molecule has 0 saturated heterocycles. The van der Waals surface area contributed by atoms with Crippen LogP contribution in [0.25, 0.3) is 0 Å². The lowest BCUT2D eigenvalue weighted by Crippen LogP contribution is -2.06. The Morgan fingerprint density at radius 2 is 0.960 bits per heavy atom. The third-order valence-electron chi connectivity index (χ3n) is 3.55. The van der Waals surface area contributed by atoms with E-state index in [9.17, 15) is 19.4 Å². The molecule has 0 bridgehead atoms. The molecule has 7 heteroatoms. The van der Waals surface area contributed by atoms with Crippen LogP contribution >= 0.6 is 21.1 Å². The molecule has 0 radical (unpaired) electrons. The van der Waals surface area contributed by atoms with Gasteiger partial charge in [0, 0.05) is 0 Å². The van der Waals surface area contributed by atoms with Crippen molar-refractivity contribution in [3.05, 3.63) is 84.9 Å². The molecule has 0 heterocycles. The van der Waals surface area contributed by atoms with Gasteiger partial charge >= 0.3 is 10.2 Å². The fourth-order valence-electron chi connectivity index (χ4n) is 2.46. The molecule has 0 N–H and O–H groups in total. The highest BCUT2D eigenvalue weighted by Gasteiger charge is 2.65. The Morgan fingerprint density at radius 1 is 0.520 bits per heavy atom. The summed E-state index contributed by atoms with van der Waals surface area (Å²) in [6.45, 7) is 0. The normalized spacial score (nSPS) is 15.2. The molecule has 0 saturated carbocycles. The van der Waals surface area contributed by atoms with Gasteiger partial charge in [0.05, 0.1) is 0 Å². The van der Waals surface area contributed by atoms with Crippen molar-refractivity contribution in [2.24, 2.45) is 0 Å². The Hall–Kier alpha value is -1.99. The zero-order chi connectivity index (χ0) is 18.2. The standard InChI is InChI=1S/C18H15F5S2/c19-25(20,21,22,23)18-13-7-12-17(14-18)24(15-8-3-1-4-9-15)16-10-5-2-6-11-16/h1-14,24H. The second-order valence-corrected chi connectivity index (χ2v) is 10.1. The summed E-state index contributed by atoms with van der Waals surface area (Å²) in [5, 5.41) is 0. The van der Waals surface area contributed by atoms with Gasteiger partial charge in [-0.25, -0.2) is 0 Å². The van der Waals surface area contributed by atoms with Crippen molar-refractivity contribution in [1.82, 2.24) is 0 Å². The average Bonchev–Trinajstić information content (AvgIpc) is 2.55. The van der Waals surface area contributed by atoms with Gasteiger partial charge in [0.25, 0.3) is 0 Å². The minimum absolute atomic E-state index is 0.234. The number of thiol groups is 1. The molecule has 0 nitrogen and oxygen atoms in total. The van der Waals surface area contributed by atoms with Gasteiger partial charge in [-0.15, -0.1) is 0 Å². The summed E-state index contributed by atoms with van der Waals surface area (Å²) in [4.78, 5) is -0.0268. The van der Waals surface area contributed by atoms with Crippen molar-refractivity contribution in [3.8, 4) is 0 Å². The van der Waals surface area contributed by atoms with Crippen LogP contribution in [0.1, 0.15) is 0 Å². The van der Waals surface area contributed by atoms with E-state index in [0.717, 1.165) is 15.9 Å². The summed E-state index contributed by atoms with van der Waals surface area (Å²) in [6.07, 6.45) is 0. The molecule has 0 aromatic heterocycles. The van der Waals surface area contributed by atoms with Crippen LogP contribution in [-0.4, -0.2) is 0 Å². The largest absolute Gasteiger partial charge is 0.310 e. The Labute approximate surface area is 145 Å². The SMILES string of the molecule is FS(F)(F)(F)(F)c1cccc([SH](c2ccccc2)c2ccccc2)c1. The molecule has 0 aliphatic heterocycles. The number of hydrogen-bond donors (Lipinski definition) is 1. The minimum atomic E-state index is -9.72. The maximum Gasteiger partial charge on any atom is 0.310 e. The van der Waals surface area contributed by atoms with E-state index in [2.05, 4.69) is 0 Å². The molecule has 0 unspecified atom stereocenters. The minimum Gasteiger partial charge on any atom is -0.173 e. The van der Waals surface area contributed by atoms with Crippen molar-refractivity contribution in [2.75, 3.05) is 0 Å². The van der Waals surface area contributed by atoms with Gasteiger partial charge in [0.1, 0.15) is 4.90 Å². The smallest absolute Gasteiger partial charge is 0.173 e. The van der Waals surface area contributed by atoms with E-state index in [0.29, 0.717) is 12.1 Å². The maximum absolute atomic E-state index is 13.2. The molecule has 0 amide bonds. The predicted molar refractivity (Wildman–Crippen MR) is 94.5 cm³/mol. The second kappa shape index (κ2) is 5.51. The summed E-state index contributed by atoms with van der Waals surface area (Å²) < 4.78 is 66.0. The number of rotatable bonds is 4. The summed E-state index contributed by atoms with van der Waals surface area (Å²) >= 11 is 0. The Kier molecular flexibility index (Phi) is 3.92. The van der Waals surface area contributed by atoms with Crippen molar-refractivity contribution >= 4 is 21.1 Å². The van der Waals surface area contributed by atoms with E-state index < -0.39 is 26.0 Å². The topological polar surface area (TPSA) is 0 Å². The predicted octanol–water partition coefficient (Wildman–Crippen LogP) is 7.82. The van der Waals surface area contributed by atoms with Crippen LogP contribution in [0, 0.1) is 0 Å². The maximum atomic E-state index is 13.2. The molecule has 3 aromatic rings. The highest BCUT2D eigenvalue weighted by atomic mass is 32.5. The van der Waals surface area contributed by atoms with Gasteiger partial charge in [-0.3, -0.25) is 0 Å². The molecule has 0 fully saturated rings. The van der Waals surface area contributed by atoms with Gasteiger partial charge in [0.2, 0.25) is 0 Å². The van der Waals surface area contributed by atoms with E-state index in [1.54, 1.807) is 60.7 Å². The first-order chi connectivity index (χ1) is 11.5. The first kappa shape index (κ1) is 17.8. The lowest BCUT2D eigenvalue weighted by Gasteiger charge is -2.41. The van der Waals surface area contributed by atoms with Crippen LogP contribution in [0.4, 0.5) is 19.4 Å². The fraction of sp³-hybridized carbons (Fsp3) is 0. The fourth-order valence-corrected chi connectivity index (χ4v) is 5.57. The van der Waals surface area contributed by atoms with Crippen LogP contribution < -0.4 is 0 Å².